The number of nitrogens with zero attached hydrogens (tertiary/aromatic N) is 1. The second-order valence-corrected chi connectivity index (χ2v) is 7.40. The van der Waals surface area contributed by atoms with E-state index in [9.17, 15) is 19.2 Å². The van der Waals surface area contributed by atoms with Crippen molar-refractivity contribution in [3.63, 3.8) is 0 Å². The molecule has 0 saturated heterocycles. The van der Waals surface area contributed by atoms with Crippen molar-refractivity contribution in [3.8, 4) is 0 Å². The maximum atomic E-state index is 12.7. The molecule has 2 saturated carbocycles. The fourth-order valence-corrected chi connectivity index (χ4v) is 4.33. The molecule has 1 aliphatic heterocycles. The maximum absolute atomic E-state index is 12.7. The molecule has 2 fully saturated rings. The van der Waals surface area contributed by atoms with Crippen molar-refractivity contribution in [1.82, 2.24) is 4.90 Å². The Balaban J connectivity index is 1.54. The molecule has 5 nitrogen and oxygen atoms in total. The number of hydrogen-bond donors (Lipinski definition) is 0. The van der Waals surface area contributed by atoms with Gasteiger partial charge < -0.3 is 4.90 Å². The Bertz CT molecular complexity index is 772. The number of ketones is 3. The lowest BCUT2D eigenvalue weighted by Crippen LogP contribution is -2.44. The highest BCUT2D eigenvalue weighted by atomic mass is 16.2. The number of rotatable bonds is 2. The molecule has 130 valence electrons. The van der Waals surface area contributed by atoms with Crippen molar-refractivity contribution >= 4 is 23.3 Å². The minimum atomic E-state index is -0.464. The van der Waals surface area contributed by atoms with Gasteiger partial charge in [0.05, 0.1) is 12.5 Å². The third-order valence-electron chi connectivity index (χ3n) is 5.79. The van der Waals surface area contributed by atoms with Gasteiger partial charge in [-0.3, -0.25) is 19.2 Å². The lowest BCUT2D eigenvalue weighted by atomic mass is 9.83. The topological polar surface area (TPSA) is 71.5 Å². The minimum Gasteiger partial charge on any atom is -0.324 e. The van der Waals surface area contributed by atoms with E-state index in [2.05, 4.69) is 6.07 Å². The molecule has 1 amide bonds. The van der Waals surface area contributed by atoms with Crippen molar-refractivity contribution in [2.24, 2.45) is 0 Å². The Morgan fingerprint density at radius 1 is 0.880 bits per heavy atom. The lowest BCUT2D eigenvalue weighted by Gasteiger charge is -2.29. The first-order chi connectivity index (χ1) is 12.0. The highest BCUT2D eigenvalue weighted by Gasteiger charge is 2.39. The number of benzene rings is 1. The van der Waals surface area contributed by atoms with E-state index in [0.29, 0.717) is 49.5 Å². The normalized spacial score (nSPS) is 24.8. The Kier molecular flexibility index (Phi) is 4.02. The molecule has 1 aromatic rings. The number of fused-ring (bicyclic) bond motifs is 1. The zero-order valence-corrected chi connectivity index (χ0v) is 14.1. The third-order valence-corrected chi connectivity index (χ3v) is 5.79. The molecular weight excluding hydrogens is 318 g/mol. The second-order valence-electron chi connectivity index (χ2n) is 7.40. The quantitative estimate of drug-likeness (QED) is 0.776. The Labute approximate surface area is 146 Å². The minimum absolute atomic E-state index is 0.0282. The zero-order valence-electron chi connectivity index (χ0n) is 14.1. The molecule has 2 aliphatic carbocycles. The van der Waals surface area contributed by atoms with Crippen LogP contribution in [-0.4, -0.2) is 34.2 Å². The van der Waals surface area contributed by atoms with Crippen LogP contribution in [0.3, 0.4) is 0 Å². The van der Waals surface area contributed by atoms with E-state index >= 15 is 0 Å². The summed E-state index contributed by atoms with van der Waals surface area (Å²) in [7, 11) is 0. The molecule has 1 atom stereocenters. The fourth-order valence-electron chi connectivity index (χ4n) is 4.33. The smallest absolute Gasteiger partial charge is 0.255 e. The van der Waals surface area contributed by atoms with Crippen molar-refractivity contribution in [2.45, 2.75) is 63.5 Å². The number of carbonyl (C=O) groups excluding carboxylic acids is 4. The molecule has 25 heavy (non-hydrogen) atoms. The average Bonchev–Trinajstić information content (AvgIpc) is 2.92. The molecule has 1 aromatic carbocycles. The molecule has 0 spiro atoms. The highest BCUT2D eigenvalue weighted by molar-refractivity contribution is 6.07. The highest BCUT2D eigenvalue weighted by Crippen LogP contribution is 2.35. The van der Waals surface area contributed by atoms with Crippen LogP contribution in [0.25, 0.3) is 0 Å². The predicted molar refractivity (Wildman–Crippen MR) is 90.2 cm³/mol. The van der Waals surface area contributed by atoms with Crippen molar-refractivity contribution in [2.75, 3.05) is 0 Å². The van der Waals surface area contributed by atoms with Gasteiger partial charge in [0, 0.05) is 31.4 Å². The summed E-state index contributed by atoms with van der Waals surface area (Å²) in [5.41, 5.74) is 2.82. The van der Waals surface area contributed by atoms with Crippen LogP contribution in [0.4, 0.5) is 0 Å². The van der Waals surface area contributed by atoms with E-state index in [1.165, 1.54) is 5.56 Å². The van der Waals surface area contributed by atoms with Crippen molar-refractivity contribution in [3.05, 3.63) is 34.9 Å². The predicted octanol–water partition coefficient (Wildman–Crippen LogP) is 2.56. The maximum Gasteiger partial charge on any atom is 0.255 e. The van der Waals surface area contributed by atoms with Crippen LogP contribution in [0, 0.1) is 0 Å². The van der Waals surface area contributed by atoms with Gasteiger partial charge in [-0.2, -0.15) is 0 Å². The molecule has 4 rings (SSSR count). The molecule has 0 aromatic heterocycles. The van der Waals surface area contributed by atoms with Crippen LogP contribution in [-0.2, 0) is 20.9 Å². The van der Waals surface area contributed by atoms with Crippen LogP contribution in [0.15, 0.2) is 18.2 Å². The first kappa shape index (κ1) is 16.2. The average molecular weight is 339 g/mol. The van der Waals surface area contributed by atoms with Gasteiger partial charge in [0.25, 0.3) is 5.91 Å². The number of hydrogen-bond acceptors (Lipinski definition) is 4. The molecule has 0 bridgehead atoms. The molecule has 3 aliphatic rings. The van der Waals surface area contributed by atoms with Gasteiger partial charge in [-0.15, -0.1) is 0 Å². The standard InChI is InChI=1S/C20H21NO4/c22-15-4-1-12(2-5-15)13-3-7-17-14(9-13)11-21(20(17)25)18-8-6-16(23)10-19(18)24/h3,7,9,12,18H,1-2,4-6,8,10-11H2/t18-/m0/s1. The van der Waals surface area contributed by atoms with Gasteiger partial charge in [0.2, 0.25) is 0 Å². The van der Waals surface area contributed by atoms with Gasteiger partial charge in [-0.1, -0.05) is 12.1 Å². The van der Waals surface area contributed by atoms with E-state index in [1.54, 1.807) is 4.90 Å². The Morgan fingerprint density at radius 3 is 2.32 bits per heavy atom. The van der Waals surface area contributed by atoms with Crippen LogP contribution < -0.4 is 0 Å². The van der Waals surface area contributed by atoms with E-state index in [1.807, 2.05) is 12.1 Å². The largest absolute Gasteiger partial charge is 0.324 e. The van der Waals surface area contributed by atoms with E-state index in [-0.39, 0.29) is 23.9 Å². The first-order valence-corrected chi connectivity index (χ1v) is 9.03. The Hall–Kier alpha value is -2.30. The summed E-state index contributed by atoms with van der Waals surface area (Å²) in [4.78, 5) is 49.4. The fraction of sp³-hybridized carbons (Fsp3) is 0.500. The summed E-state index contributed by atoms with van der Waals surface area (Å²) in [6.07, 6.45) is 3.78. The van der Waals surface area contributed by atoms with Crippen LogP contribution in [0.2, 0.25) is 0 Å². The van der Waals surface area contributed by atoms with Crippen LogP contribution in [0.1, 0.15) is 72.3 Å². The van der Waals surface area contributed by atoms with Crippen LogP contribution in [0.5, 0.6) is 0 Å². The molecule has 5 heteroatoms. The molecule has 0 radical (unpaired) electrons. The van der Waals surface area contributed by atoms with E-state index in [0.717, 1.165) is 18.4 Å². The van der Waals surface area contributed by atoms with Gasteiger partial charge in [0.1, 0.15) is 11.6 Å². The first-order valence-electron chi connectivity index (χ1n) is 9.03. The summed E-state index contributed by atoms with van der Waals surface area (Å²) in [5.74, 6) is 0.446. The van der Waals surface area contributed by atoms with Crippen molar-refractivity contribution < 1.29 is 19.2 Å². The number of Topliss-reactive ketones (excluding diaryl/α,β-unsaturated/α-hetero) is 3. The van der Waals surface area contributed by atoms with Gasteiger partial charge in [-0.25, -0.2) is 0 Å². The van der Waals surface area contributed by atoms with Gasteiger partial charge in [0.15, 0.2) is 5.78 Å². The van der Waals surface area contributed by atoms with Crippen LogP contribution >= 0.6 is 0 Å². The third kappa shape index (κ3) is 2.92. The summed E-state index contributed by atoms with van der Waals surface area (Å²) in [5, 5.41) is 0. The monoisotopic (exact) mass is 339 g/mol. The molecule has 1 heterocycles. The zero-order chi connectivity index (χ0) is 17.6. The second kappa shape index (κ2) is 6.21. The SMILES string of the molecule is O=C1CCC(c2ccc3c(c2)CN([C@H]2CCC(=O)CC2=O)C3=O)CC1. The van der Waals surface area contributed by atoms with Gasteiger partial charge in [-0.05, 0) is 42.4 Å². The molecular formula is C20H21NO4. The molecule has 0 N–H and O–H groups in total. The van der Waals surface area contributed by atoms with Crippen molar-refractivity contribution in [1.29, 1.82) is 0 Å². The summed E-state index contributed by atoms with van der Waals surface area (Å²) >= 11 is 0. The van der Waals surface area contributed by atoms with E-state index in [4.69, 9.17) is 0 Å². The summed E-state index contributed by atoms with van der Waals surface area (Å²) in [6, 6.07) is 5.47. The number of amides is 1. The Morgan fingerprint density at radius 2 is 1.60 bits per heavy atom. The number of carbonyl (C=O) groups is 4. The summed E-state index contributed by atoms with van der Waals surface area (Å²) < 4.78 is 0. The van der Waals surface area contributed by atoms with Gasteiger partial charge >= 0.3 is 0 Å². The molecule has 0 unspecified atom stereocenters. The lowest BCUT2D eigenvalue weighted by molar-refractivity contribution is -0.133. The summed E-state index contributed by atoms with van der Waals surface area (Å²) in [6.45, 7) is 0.443. The van der Waals surface area contributed by atoms with E-state index < -0.39 is 6.04 Å².